The Bertz CT molecular complexity index is 1490. The highest BCUT2D eigenvalue weighted by Crippen LogP contribution is 2.18. The highest BCUT2D eigenvalue weighted by atomic mass is 16.7. The number of carbonyl (C=O) groups is 3. The minimum Gasteiger partial charge on any atom is -0.545 e. The van der Waals surface area contributed by atoms with Gasteiger partial charge >= 0.3 is 11.9 Å². The predicted octanol–water partition coefficient (Wildman–Crippen LogP) is 18.0. The molecule has 0 saturated carbocycles. The zero-order valence-electron chi connectivity index (χ0n) is 50.8. The molecule has 0 N–H and O–H groups in total. The Morgan fingerprint density at radius 1 is 0.403 bits per heavy atom. The lowest BCUT2D eigenvalue weighted by Gasteiger charge is -2.26. The molecule has 0 fully saturated rings. The first kappa shape index (κ1) is 73.7. The number of likely N-dealkylation sites (N-methyl/N-ethyl adjacent to an activating group) is 1. The van der Waals surface area contributed by atoms with Crippen molar-refractivity contribution >= 4 is 17.9 Å². The van der Waals surface area contributed by atoms with Crippen LogP contribution in [0.25, 0.3) is 0 Å². The van der Waals surface area contributed by atoms with E-state index in [9.17, 15) is 19.5 Å². The number of rotatable bonds is 59. The molecule has 0 aliphatic carbocycles. The smallest absolute Gasteiger partial charge is 0.306 e. The van der Waals surface area contributed by atoms with E-state index in [-0.39, 0.29) is 38.6 Å². The molecule has 9 heteroatoms. The molecule has 0 aromatic heterocycles. The summed E-state index contributed by atoms with van der Waals surface area (Å²) in [7, 11) is 5.91. The number of carboxylic acids is 1. The summed E-state index contributed by atoms with van der Waals surface area (Å²) in [6.45, 7) is 4.61. The molecule has 0 rings (SSSR count). The number of hydrogen-bond donors (Lipinski definition) is 0. The number of carboxylic acid groups (broad SMARTS) is 1. The summed E-state index contributed by atoms with van der Waals surface area (Å²) in [6.07, 6.45) is 74.2. The van der Waals surface area contributed by atoms with Crippen LogP contribution in [-0.2, 0) is 33.3 Å². The van der Waals surface area contributed by atoms with Crippen molar-refractivity contribution in [2.24, 2.45) is 0 Å². The highest BCUT2D eigenvalue weighted by molar-refractivity contribution is 5.70. The normalized spacial score (nSPS) is 13.2. The van der Waals surface area contributed by atoms with Crippen molar-refractivity contribution in [3.63, 3.8) is 0 Å². The number of quaternary nitrogens is 1. The number of unbranched alkanes of at least 4 members (excludes halogenated alkanes) is 32. The molecule has 0 radical (unpaired) electrons. The standard InChI is InChI=1S/C68H121NO8/c1-6-8-10-12-14-16-18-20-22-24-26-28-29-30-31-32-33-34-35-36-37-39-40-42-44-46-48-50-52-54-56-58-65(70)75-62-64(63-76-68(67(72)73)74-61-60-69(3,4)5)77-66(71)59-57-55-53-51-49-47-45-43-41-38-27-25-23-21-19-17-15-13-11-9-7-2/h9,11,15,17,21,23,27,38,43,45,49,51,64,68H,6-8,10,12-14,16,18-20,22,24-26,28-37,39-42,44,46-48,50,52-63H2,1-5H3/b11-9-,17-15-,23-21-,38-27-,45-43-,51-49-. The van der Waals surface area contributed by atoms with Crippen LogP contribution in [-0.4, -0.2) is 82.3 Å². The van der Waals surface area contributed by atoms with Crippen molar-refractivity contribution in [1.82, 2.24) is 0 Å². The second-order valence-corrected chi connectivity index (χ2v) is 22.7. The van der Waals surface area contributed by atoms with E-state index in [0.717, 1.165) is 70.6 Å². The van der Waals surface area contributed by atoms with Crippen molar-refractivity contribution in [2.45, 2.75) is 296 Å². The van der Waals surface area contributed by atoms with Crippen LogP contribution in [0.2, 0.25) is 0 Å². The predicted molar refractivity (Wildman–Crippen MR) is 325 cm³/mol. The topological polar surface area (TPSA) is 111 Å². The Morgan fingerprint density at radius 2 is 0.740 bits per heavy atom. The fraction of sp³-hybridized carbons (Fsp3) is 0.779. The van der Waals surface area contributed by atoms with Crippen molar-refractivity contribution in [3.05, 3.63) is 72.9 Å². The third kappa shape index (κ3) is 60.2. The number of nitrogens with zero attached hydrogens (tertiary/aromatic N) is 1. The molecule has 2 atom stereocenters. The van der Waals surface area contributed by atoms with E-state index in [1.54, 1.807) is 0 Å². The molecule has 0 spiro atoms. The Labute approximate surface area is 475 Å². The van der Waals surface area contributed by atoms with Gasteiger partial charge < -0.3 is 33.3 Å². The first-order valence-electron chi connectivity index (χ1n) is 32.1. The number of carbonyl (C=O) groups excluding carboxylic acids is 3. The van der Waals surface area contributed by atoms with Crippen LogP contribution in [0, 0.1) is 0 Å². The summed E-state index contributed by atoms with van der Waals surface area (Å²) in [5.74, 6) is -2.34. The molecule has 0 aliphatic heterocycles. The van der Waals surface area contributed by atoms with Gasteiger partial charge in [-0.1, -0.05) is 279 Å². The van der Waals surface area contributed by atoms with Crippen LogP contribution in [0.5, 0.6) is 0 Å². The summed E-state index contributed by atoms with van der Waals surface area (Å²) in [4.78, 5) is 37.3. The monoisotopic (exact) mass is 1080 g/mol. The zero-order chi connectivity index (χ0) is 56.2. The van der Waals surface area contributed by atoms with Crippen LogP contribution in [0.15, 0.2) is 72.9 Å². The first-order chi connectivity index (χ1) is 37.6. The molecule has 2 unspecified atom stereocenters. The lowest BCUT2D eigenvalue weighted by Crippen LogP contribution is -2.44. The van der Waals surface area contributed by atoms with Crippen LogP contribution < -0.4 is 5.11 Å². The summed E-state index contributed by atoms with van der Waals surface area (Å²) < 4.78 is 22.7. The number of allylic oxidation sites excluding steroid dienone is 12. The molecule has 0 bridgehead atoms. The van der Waals surface area contributed by atoms with Gasteiger partial charge in [-0.15, -0.1) is 0 Å². The van der Waals surface area contributed by atoms with Gasteiger partial charge in [-0.25, -0.2) is 0 Å². The van der Waals surface area contributed by atoms with Gasteiger partial charge in [0.2, 0.25) is 0 Å². The fourth-order valence-corrected chi connectivity index (χ4v) is 9.07. The summed E-state index contributed by atoms with van der Waals surface area (Å²) in [5, 5.41) is 11.8. The van der Waals surface area contributed by atoms with Crippen molar-refractivity contribution < 1.29 is 42.9 Å². The molecule has 0 heterocycles. The second kappa shape index (κ2) is 58.9. The van der Waals surface area contributed by atoms with Gasteiger partial charge in [0.1, 0.15) is 13.2 Å². The number of esters is 2. The van der Waals surface area contributed by atoms with Crippen molar-refractivity contribution in [2.75, 3.05) is 47.5 Å². The number of hydrogen-bond acceptors (Lipinski definition) is 8. The highest BCUT2D eigenvalue weighted by Gasteiger charge is 2.22. The van der Waals surface area contributed by atoms with Gasteiger partial charge in [0.05, 0.1) is 40.3 Å². The molecule has 446 valence electrons. The molecule has 9 nitrogen and oxygen atoms in total. The summed E-state index contributed by atoms with van der Waals surface area (Å²) in [6, 6.07) is 0. The maximum Gasteiger partial charge on any atom is 0.306 e. The van der Waals surface area contributed by atoms with E-state index in [0.29, 0.717) is 17.4 Å². The minimum atomic E-state index is -1.64. The molecular weight excluding hydrogens is 959 g/mol. The minimum absolute atomic E-state index is 0.137. The maximum atomic E-state index is 12.9. The first-order valence-corrected chi connectivity index (χ1v) is 32.1. The van der Waals surface area contributed by atoms with Gasteiger partial charge in [-0.05, 0) is 64.2 Å². The van der Waals surface area contributed by atoms with Crippen LogP contribution in [0.3, 0.4) is 0 Å². The Morgan fingerprint density at radius 3 is 1.10 bits per heavy atom. The van der Waals surface area contributed by atoms with E-state index in [1.807, 2.05) is 21.1 Å². The Kier molecular flexibility index (Phi) is 56.4. The average Bonchev–Trinajstić information content (AvgIpc) is 3.40. The SMILES string of the molecule is CC/C=C\C/C=C\C/C=C\C/C=C\C/C=C\C/C=C\CCCCC(=O)OC(COC(=O)CCCCCCCCCCCCCCCCCCCCCCCCCCCCCCCCC)COC(OCC[N+](C)(C)C)C(=O)[O-]. The molecule has 0 aromatic rings. The van der Waals surface area contributed by atoms with E-state index < -0.39 is 24.3 Å². The van der Waals surface area contributed by atoms with Gasteiger partial charge in [0.25, 0.3) is 0 Å². The Balaban J connectivity index is 4.16. The second-order valence-electron chi connectivity index (χ2n) is 22.7. The van der Waals surface area contributed by atoms with Crippen LogP contribution in [0.1, 0.15) is 284 Å². The van der Waals surface area contributed by atoms with Gasteiger partial charge in [0, 0.05) is 12.8 Å². The zero-order valence-corrected chi connectivity index (χ0v) is 50.8. The molecule has 0 aromatic carbocycles. The third-order valence-corrected chi connectivity index (χ3v) is 14.0. The summed E-state index contributed by atoms with van der Waals surface area (Å²) >= 11 is 0. The average molecular weight is 1080 g/mol. The van der Waals surface area contributed by atoms with E-state index in [1.165, 1.54) is 180 Å². The van der Waals surface area contributed by atoms with Crippen LogP contribution in [0.4, 0.5) is 0 Å². The number of ether oxygens (including phenoxy) is 4. The van der Waals surface area contributed by atoms with E-state index in [2.05, 4.69) is 86.8 Å². The molecule has 77 heavy (non-hydrogen) atoms. The quantitative estimate of drug-likeness (QED) is 0.0195. The van der Waals surface area contributed by atoms with Gasteiger partial charge in [-0.2, -0.15) is 0 Å². The maximum absolute atomic E-state index is 12.9. The molecule has 0 aliphatic rings. The Hall–Kier alpha value is -3.27. The fourth-order valence-electron chi connectivity index (χ4n) is 9.07. The number of aliphatic carboxylic acids is 1. The van der Waals surface area contributed by atoms with E-state index in [4.69, 9.17) is 18.9 Å². The van der Waals surface area contributed by atoms with E-state index >= 15 is 0 Å². The molecule has 0 amide bonds. The third-order valence-electron chi connectivity index (χ3n) is 14.0. The van der Waals surface area contributed by atoms with Crippen molar-refractivity contribution in [3.8, 4) is 0 Å². The van der Waals surface area contributed by atoms with Crippen LogP contribution >= 0.6 is 0 Å². The van der Waals surface area contributed by atoms with Gasteiger partial charge in [0.15, 0.2) is 12.4 Å². The molecule has 0 saturated heterocycles. The lowest BCUT2D eigenvalue weighted by molar-refractivity contribution is -0.870. The van der Waals surface area contributed by atoms with Gasteiger partial charge in [-0.3, -0.25) is 9.59 Å². The largest absolute Gasteiger partial charge is 0.545 e. The lowest BCUT2D eigenvalue weighted by atomic mass is 10.0. The van der Waals surface area contributed by atoms with Crippen molar-refractivity contribution in [1.29, 1.82) is 0 Å². The summed E-state index contributed by atoms with van der Waals surface area (Å²) in [5.41, 5.74) is 0. The molecular formula is C68H121NO8.